The quantitative estimate of drug-likeness (QED) is 0.804. The van der Waals surface area contributed by atoms with E-state index in [0.717, 1.165) is 37.1 Å². The molecule has 4 rings (SSSR count). The first-order chi connectivity index (χ1) is 13.1. The minimum Gasteiger partial charge on any atom is -0.347 e. The van der Waals surface area contributed by atoms with Gasteiger partial charge in [-0.25, -0.2) is 0 Å². The molecule has 6 nitrogen and oxygen atoms in total. The minimum absolute atomic E-state index is 0.0420. The standard InChI is InChI=1S/C20H21N3O3S/c24-18-2-1-11-23(18)15-7-3-13(4-8-15)12-21-20(26)16-9-10-17(27-16)22-19(25)14-5-6-14/h3-4,7-10,14H,1-2,5-6,11-12H2,(H,21,26)(H,22,25). The molecule has 2 aromatic rings. The summed E-state index contributed by atoms with van der Waals surface area (Å²) < 4.78 is 0. The van der Waals surface area contributed by atoms with Crippen LogP contribution in [0.3, 0.4) is 0 Å². The first kappa shape index (κ1) is 17.7. The fraction of sp³-hybridized carbons (Fsp3) is 0.350. The van der Waals surface area contributed by atoms with Gasteiger partial charge in [-0.15, -0.1) is 11.3 Å². The molecule has 1 aromatic heterocycles. The van der Waals surface area contributed by atoms with Crippen molar-refractivity contribution >= 4 is 39.7 Å². The highest BCUT2D eigenvalue weighted by molar-refractivity contribution is 7.18. The van der Waals surface area contributed by atoms with Gasteiger partial charge in [0.1, 0.15) is 0 Å². The summed E-state index contributed by atoms with van der Waals surface area (Å²) in [5.41, 5.74) is 1.87. The molecular weight excluding hydrogens is 362 g/mol. The Balaban J connectivity index is 1.30. The molecule has 0 unspecified atom stereocenters. The molecule has 0 atom stereocenters. The van der Waals surface area contributed by atoms with E-state index in [1.807, 2.05) is 24.3 Å². The molecule has 2 fully saturated rings. The van der Waals surface area contributed by atoms with Gasteiger partial charge in [0, 0.05) is 31.1 Å². The maximum Gasteiger partial charge on any atom is 0.261 e. The van der Waals surface area contributed by atoms with Gasteiger partial charge in [0.2, 0.25) is 11.8 Å². The number of hydrogen-bond acceptors (Lipinski definition) is 4. The monoisotopic (exact) mass is 383 g/mol. The summed E-state index contributed by atoms with van der Waals surface area (Å²) in [6, 6.07) is 11.2. The van der Waals surface area contributed by atoms with Gasteiger partial charge in [-0.1, -0.05) is 12.1 Å². The fourth-order valence-corrected chi connectivity index (χ4v) is 3.91. The summed E-state index contributed by atoms with van der Waals surface area (Å²) in [5, 5.41) is 6.46. The topological polar surface area (TPSA) is 78.5 Å². The Labute approximate surface area is 161 Å². The van der Waals surface area contributed by atoms with Crippen molar-refractivity contribution in [2.45, 2.75) is 32.2 Å². The van der Waals surface area contributed by atoms with Crippen LogP contribution in [0.1, 0.15) is 40.9 Å². The Morgan fingerprint density at radius 1 is 1.11 bits per heavy atom. The molecule has 3 amide bonds. The van der Waals surface area contributed by atoms with E-state index in [9.17, 15) is 14.4 Å². The maximum absolute atomic E-state index is 12.3. The van der Waals surface area contributed by atoms with Crippen LogP contribution in [0.25, 0.3) is 0 Å². The van der Waals surface area contributed by atoms with E-state index in [0.29, 0.717) is 22.8 Å². The number of hydrogen-bond donors (Lipinski definition) is 2. The number of benzene rings is 1. The van der Waals surface area contributed by atoms with Gasteiger partial charge in [0.15, 0.2) is 0 Å². The van der Waals surface area contributed by atoms with E-state index >= 15 is 0 Å². The van der Waals surface area contributed by atoms with Crippen LogP contribution in [0.4, 0.5) is 10.7 Å². The van der Waals surface area contributed by atoms with Crippen molar-refractivity contribution in [1.82, 2.24) is 5.32 Å². The van der Waals surface area contributed by atoms with Crippen molar-refractivity contribution in [2.24, 2.45) is 5.92 Å². The minimum atomic E-state index is -0.161. The van der Waals surface area contributed by atoms with Gasteiger partial charge in [-0.2, -0.15) is 0 Å². The summed E-state index contributed by atoms with van der Waals surface area (Å²) in [6.07, 6.45) is 3.42. The van der Waals surface area contributed by atoms with E-state index in [4.69, 9.17) is 0 Å². The molecule has 1 saturated carbocycles. The lowest BCUT2D eigenvalue weighted by atomic mass is 10.2. The predicted octanol–water partition coefficient (Wildman–Crippen LogP) is 3.15. The van der Waals surface area contributed by atoms with E-state index in [1.165, 1.54) is 11.3 Å². The number of amides is 3. The number of carbonyl (C=O) groups excluding carboxylic acids is 3. The average molecular weight is 383 g/mol. The molecule has 1 saturated heterocycles. The lowest BCUT2D eigenvalue weighted by molar-refractivity contribution is -0.118. The van der Waals surface area contributed by atoms with Crippen LogP contribution in [0.2, 0.25) is 0 Å². The first-order valence-electron chi connectivity index (χ1n) is 9.18. The maximum atomic E-state index is 12.3. The number of anilines is 2. The first-order valence-corrected chi connectivity index (χ1v) is 10.00. The third-order valence-electron chi connectivity index (χ3n) is 4.80. The molecule has 2 aliphatic rings. The molecule has 7 heteroatoms. The molecule has 1 aromatic carbocycles. The Hall–Kier alpha value is -2.67. The number of nitrogens with zero attached hydrogens (tertiary/aromatic N) is 1. The van der Waals surface area contributed by atoms with Crippen LogP contribution < -0.4 is 15.5 Å². The Bertz CT molecular complexity index is 871. The van der Waals surface area contributed by atoms with Crippen LogP contribution >= 0.6 is 11.3 Å². The second-order valence-corrected chi connectivity index (χ2v) is 8.01. The Kier molecular flexibility index (Phi) is 4.94. The molecule has 1 aliphatic heterocycles. The lowest BCUT2D eigenvalue weighted by Crippen LogP contribution is -2.24. The average Bonchev–Trinajstić information content (AvgIpc) is 3.29. The zero-order valence-electron chi connectivity index (χ0n) is 14.9. The van der Waals surface area contributed by atoms with Gasteiger partial charge in [-0.3, -0.25) is 14.4 Å². The van der Waals surface area contributed by atoms with E-state index in [-0.39, 0.29) is 23.6 Å². The van der Waals surface area contributed by atoms with Crippen LogP contribution in [-0.2, 0) is 16.1 Å². The highest BCUT2D eigenvalue weighted by Crippen LogP contribution is 2.31. The third kappa shape index (κ3) is 4.19. The van der Waals surface area contributed by atoms with E-state index in [1.54, 1.807) is 17.0 Å². The van der Waals surface area contributed by atoms with Crippen molar-refractivity contribution in [1.29, 1.82) is 0 Å². The highest BCUT2D eigenvalue weighted by atomic mass is 32.1. The van der Waals surface area contributed by atoms with Crippen LogP contribution in [-0.4, -0.2) is 24.3 Å². The van der Waals surface area contributed by atoms with Crippen LogP contribution in [0, 0.1) is 5.92 Å². The van der Waals surface area contributed by atoms with Crippen molar-refractivity contribution in [3.63, 3.8) is 0 Å². The summed E-state index contributed by atoms with van der Waals surface area (Å²) in [5.74, 6) is 0.188. The zero-order chi connectivity index (χ0) is 18.8. The number of thiophene rings is 1. The molecular formula is C20H21N3O3S. The summed E-state index contributed by atoms with van der Waals surface area (Å²) in [4.78, 5) is 38.2. The van der Waals surface area contributed by atoms with Crippen molar-refractivity contribution in [3.05, 3.63) is 46.8 Å². The Morgan fingerprint density at radius 3 is 2.56 bits per heavy atom. The van der Waals surface area contributed by atoms with E-state index < -0.39 is 0 Å². The van der Waals surface area contributed by atoms with Crippen molar-refractivity contribution in [3.8, 4) is 0 Å². The molecule has 0 spiro atoms. The third-order valence-corrected chi connectivity index (χ3v) is 5.80. The molecule has 0 bridgehead atoms. The van der Waals surface area contributed by atoms with Gasteiger partial charge < -0.3 is 15.5 Å². The summed E-state index contributed by atoms with van der Waals surface area (Å²) in [7, 11) is 0. The zero-order valence-corrected chi connectivity index (χ0v) is 15.7. The Morgan fingerprint density at radius 2 is 1.89 bits per heavy atom. The van der Waals surface area contributed by atoms with Crippen LogP contribution in [0.15, 0.2) is 36.4 Å². The van der Waals surface area contributed by atoms with Crippen molar-refractivity contribution in [2.75, 3.05) is 16.8 Å². The number of rotatable bonds is 6. The molecule has 2 N–H and O–H groups in total. The fourth-order valence-electron chi connectivity index (χ4n) is 3.08. The SMILES string of the molecule is O=C(NCc1ccc(N2CCCC2=O)cc1)c1ccc(NC(=O)C2CC2)s1. The second-order valence-electron chi connectivity index (χ2n) is 6.93. The largest absolute Gasteiger partial charge is 0.347 e. The highest BCUT2D eigenvalue weighted by Gasteiger charge is 2.29. The number of carbonyl (C=O) groups is 3. The van der Waals surface area contributed by atoms with Gasteiger partial charge in [0.05, 0.1) is 9.88 Å². The van der Waals surface area contributed by atoms with Gasteiger partial charge in [-0.05, 0) is 49.1 Å². The van der Waals surface area contributed by atoms with E-state index in [2.05, 4.69) is 10.6 Å². The predicted molar refractivity (Wildman–Crippen MR) is 105 cm³/mol. The van der Waals surface area contributed by atoms with Crippen molar-refractivity contribution < 1.29 is 14.4 Å². The molecule has 2 heterocycles. The number of nitrogens with one attached hydrogen (secondary N) is 2. The summed E-state index contributed by atoms with van der Waals surface area (Å²) >= 11 is 1.28. The molecule has 140 valence electrons. The molecule has 1 aliphatic carbocycles. The molecule has 0 radical (unpaired) electrons. The van der Waals surface area contributed by atoms with Gasteiger partial charge in [0.25, 0.3) is 5.91 Å². The lowest BCUT2D eigenvalue weighted by Gasteiger charge is -2.16. The smallest absolute Gasteiger partial charge is 0.261 e. The summed E-state index contributed by atoms with van der Waals surface area (Å²) in [6.45, 7) is 1.18. The van der Waals surface area contributed by atoms with Gasteiger partial charge >= 0.3 is 0 Å². The molecule has 27 heavy (non-hydrogen) atoms. The van der Waals surface area contributed by atoms with Crippen LogP contribution in [0.5, 0.6) is 0 Å². The second kappa shape index (κ2) is 7.52. The normalized spacial score (nSPS) is 16.4.